The zero-order valence-corrected chi connectivity index (χ0v) is 11.7. The van der Waals surface area contributed by atoms with Gasteiger partial charge in [-0.15, -0.1) is 0 Å². The van der Waals surface area contributed by atoms with Gasteiger partial charge in [0.05, 0.1) is 13.2 Å². The molecule has 104 valence electrons. The molecule has 0 aliphatic carbocycles. The van der Waals surface area contributed by atoms with Gasteiger partial charge in [0.15, 0.2) is 0 Å². The Bertz CT molecular complexity index is 610. The van der Waals surface area contributed by atoms with E-state index >= 15 is 0 Å². The van der Waals surface area contributed by atoms with E-state index < -0.39 is 0 Å². The molecule has 3 heteroatoms. The maximum Gasteiger partial charge on any atom is 0.0725 e. The first kappa shape index (κ1) is 13.3. The van der Waals surface area contributed by atoms with Crippen molar-refractivity contribution in [2.45, 2.75) is 32.6 Å². The zero-order chi connectivity index (χ0) is 13.9. The summed E-state index contributed by atoms with van der Waals surface area (Å²) in [5, 5.41) is 0. The molecular weight excluding hydrogens is 248 g/mol. The number of fused-ring (bicyclic) bond motifs is 1. The molecule has 0 bridgehead atoms. The molecule has 1 unspecified atom stereocenters. The Balaban J connectivity index is 1.83. The number of nitrogens with two attached hydrogens (primary N) is 1. The van der Waals surface area contributed by atoms with E-state index in [-0.39, 0.29) is 6.04 Å². The zero-order valence-electron chi connectivity index (χ0n) is 11.7. The van der Waals surface area contributed by atoms with Crippen molar-refractivity contribution in [1.82, 2.24) is 5.43 Å². The summed E-state index contributed by atoms with van der Waals surface area (Å²) in [6, 6.07) is 15.2. The molecule has 0 amide bonds. The summed E-state index contributed by atoms with van der Waals surface area (Å²) < 4.78 is 5.47. The molecule has 3 nitrogen and oxygen atoms in total. The van der Waals surface area contributed by atoms with Crippen LogP contribution in [0.15, 0.2) is 42.5 Å². The molecule has 0 radical (unpaired) electrons. The molecule has 2 aromatic carbocycles. The largest absolute Gasteiger partial charge is 0.372 e. The number of ether oxygens (including phenoxy) is 1. The lowest BCUT2D eigenvalue weighted by molar-refractivity contribution is 0.134. The van der Waals surface area contributed by atoms with E-state index in [0.29, 0.717) is 6.61 Å². The second-order valence-electron chi connectivity index (χ2n) is 5.43. The summed E-state index contributed by atoms with van der Waals surface area (Å²) in [4.78, 5) is 0. The molecule has 3 rings (SSSR count). The predicted molar refractivity (Wildman–Crippen MR) is 79.9 cm³/mol. The van der Waals surface area contributed by atoms with Crippen LogP contribution in [0, 0.1) is 6.92 Å². The first-order chi connectivity index (χ1) is 9.76. The van der Waals surface area contributed by atoms with Gasteiger partial charge < -0.3 is 4.74 Å². The van der Waals surface area contributed by atoms with Crippen LogP contribution in [0.3, 0.4) is 0 Å². The third-order valence-electron chi connectivity index (χ3n) is 3.87. The topological polar surface area (TPSA) is 47.3 Å². The minimum atomic E-state index is 0.127. The van der Waals surface area contributed by atoms with Crippen molar-refractivity contribution in [1.29, 1.82) is 0 Å². The monoisotopic (exact) mass is 268 g/mol. The van der Waals surface area contributed by atoms with Gasteiger partial charge in [-0.1, -0.05) is 48.0 Å². The number of benzene rings is 2. The van der Waals surface area contributed by atoms with Crippen molar-refractivity contribution < 1.29 is 4.74 Å². The van der Waals surface area contributed by atoms with E-state index in [9.17, 15) is 0 Å². The molecule has 1 heterocycles. The second-order valence-corrected chi connectivity index (χ2v) is 5.43. The lowest BCUT2D eigenvalue weighted by Crippen LogP contribution is -2.29. The van der Waals surface area contributed by atoms with Crippen LogP contribution in [-0.2, 0) is 24.4 Å². The lowest BCUT2D eigenvalue weighted by Gasteiger charge is -2.17. The maximum atomic E-state index is 5.75. The molecule has 1 aliphatic rings. The highest BCUT2D eigenvalue weighted by Crippen LogP contribution is 2.25. The van der Waals surface area contributed by atoms with Crippen LogP contribution in [-0.4, -0.2) is 0 Å². The quantitative estimate of drug-likeness (QED) is 0.662. The molecule has 0 saturated carbocycles. The molecule has 0 aromatic heterocycles. The summed E-state index contributed by atoms with van der Waals surface area (Å²) in [5.41, 5.74) is 9.31. The highest BCUT2D eigenvalue weighted by atomic mass is 16.5. The Kier molecular flexibility index (Phi) is 3.83. The third kappa shape index (κ3) is 2.75. The Morgan fingerprint density at radius 2 is 2.00 bits per heavy atom. The van der Waals surface area contributed by atoms with Gasteiger partial charge in [0.1, 0.15) is 0 Å². The smallest absolute Gasteiger partial charge is 0.0725 e. The fraction of sp³-hybridized carbons (Fsp3) is 0.294. The second kappa shape index (κ2) is 5.75. The summed E-state index contributed by atoms with van der Waals surface area (Å²) in [5.74, 6) is 5.75. The van der Waals surface area contributed by atoms with Crippen molar-refractivity contribution in [2.24, 2.45) is 5.84 Å². The van der Waals surface area contributed by atoms with Crippen LogP contribution in [0.4, 0.5) is 0 Å². The van der Waals surface area contributed by atoms with Crippen LogP contribution in [0.2, 0.25) is 0 Å². The number of hydrogen-bond donors (Lipinski definition) is 2. The van der Waals surface area contributed by atoms with E-state index in [0.717, 1.165) is 13.0 Å². The van der Waals surface area contributed by atoms with Gasteiger partial charge in [-0.05, 0) is 35.6 Å². The van der Waals surface area contributed by atoms with Crippen LogP contribution in [0.25, 0.3) is 0 Å². The lowest BCUT2D eigenvalue weighted by atomic mass is 9.96. The first-order valence-corrected chi connectivity index (χ1v) is 6.97. The fourth-order valence-corrected chi connectivity index (χ4v) is 2.76. The van der Waals surface area contributed by atoms with Gasteiger partial charge in [0.25, 0.3) is 0 Å². The minimum Gasteiger partial charge on any atom is -0.372 e. The minimum absolute atomic E-state index is 0.127. The van der Waals surface area contributed by atoms with E-state index in [1.807, 2.05) is 0 Å². The van der Waals surface area contributed by atoms with Gasteiger partial charge in [-0.2, -0.15) is 0 Å². The van der Waals surface area contributed by atoms with Crippen LogP contribution < -0.4 is 11.3 Å². The van der Waals surface area contributed by atoms with E-state index in [2.05, 4.69) is 54.8 Å². The molecule has 0 saturated heterocycles. The van der Waals surface area contributed by atoms with Crippen LogP contribution in [0.1, 0.15) is 33.9 Å². The Morgan fingerprint density at radius 1 is 1.15 bits per heavy atom. The van der Waals surface area contributed by atoms with Crippen molar-refractivity contribution in [3.63, 3.8) is 0 Å². The number of rotatable bonds is 4. The number of aryl methyl sites for hydroxylation is 1. The Morgan fingerprint density at radius 3 is 2.80 bits per heavy atom. The van der Waals surface area contributed by atoms with Gasteiger partial charge in [0, 0.05) is 6.04 Å². The van der Waals surface area contributed by atoms with Crippen molar-refractivity contribution in [3.05, 3.63) is 70.3 Å². The fourth-order valence-electron chi connectivity index (χ4n) is 2.76. The Labute approximate surface area is 119 Å². The van der Waals surface area contributed by atoms with Gasteiger partial charge in [0.2, 0.25) is 0 Å². The van der Waals surface area contributed by atoms with Crippen molar-refractivity contribution >= 4 is 0 Å². The van der Waals surface area contributed by atoms with E-state index in [4.69, 9.17) is 10.6 Å². The third-order valence-corrected chi connectivity index (χ3v) is 3.87. The standard InChI is InChI=1S/C17H20N2O/c1-12-3-2-4-13(7-12)8-17(19-18)14-5-6-15-10-20-11-16(15)9-14/h2-7,9,17,19H,8,10-11,18H2,1H3. The summed E-state index contributed by atoms with van der Waals surface area (Å²) in [6.07, 6.45) is 0.887. The number of hydrogen-bond acceptors (Lipinski definition) is 3. The van der Waals surface area contributed by atoms with E-state index in [1.54, 1.807) is 0 Å². The molecule has 3 N–H and O–H groups in total. The SMILES string of the molecule is Cc1cccc(CC(NN)c2ccc3c(c2)COC3)c1. The number of nitrogens with one attached hydrogen (secondary N) is 1. The first-order valence-electron chi connectivity index (χ1n) is 6.97. The van der Waals surface area contributed by atoms with Crippen molar-refractivity contribution in [3.8, 4) is 0 Å². The van der Waals surface area contributed by atoms with E-state index in [1.165, 1.54) is 27.8 Å². The predicted octanol–water partition coefficient (Wildman–Crippen LogP) is 2.77. The summed E-state index contributed by atoms with van der Waals surface area (Å²) in [6.45, 7) is 3.56. The van der Waals surface area contributed by atoms with Crippen LogP contribution >= 0.6 is 0 Å². The number of hydrazine groups is 1. The normalized spacial score (nSPS) is 15.1. The molecule has 2 aromatic rings. The average Bonchev–Trinajstić information content (AvgIpc) is 2.92. The van der Waals surface area contributed by atoms with Gasteiger partial charge in [-0.3, -0.25) is 11.3 Å². The van der Waals surface area contributed by atoms with Crippen LogP contribution in [0.5, 0.6) is 0 Å². The highest BCUT2D eigenvalue weighted by molar-refractivity contribution is 5.35. The van der Waals surface area contributed by atoms with Gasteiger partial charge >= 0.3 is 0 Å². The molecule has 1 atom stereocenters. The Hall–Kier alpha value is -1.68. The van der Waals surface area contributed by atoms with Gasteiger partial charge in [-0.25, -0.2) is 0 Å². The molecule has 20 heavy (non-hydrogen) atoms. The molecule has 0 fully saturated rings. The highest BCUT2D eigenvalue weighted by Gasteiger charge is 2.16. The summed E-state index contributed by atoms with van der Waals surface area (Å²) >= 11 is 0. The van der Waals surface area contributed by atoms with Crippen molar-refractivity contribution in [2.75, 3.05) is 0 Å². The maximum absolute atomic E-state index is 5.75. The summed E-state index contributed by atoms with van der Waals surface area (Å²) in [7, 11) is 0. The molecular formula is C17H20N2O. The molecule has 0 spiro atoms. The average molecular weight is 268 g/mol. The molecule has 1 aliphatic heterocycles.